The van der Waals surface area contributed by atoms with E-state index in [2.05, 4.69) is 5.32 Å². The minimum absolute atomic E-state index is 0.0313. The van der Waals surface area contributed by atoms with Crippen molar-refractivity contribution in [1.29, 1.82) is 0 Å². The summed E-state index contributed by atoms with van der Waals surface area (Å²) in [4.78, 5) is 42.7. The van der Waals surface area contributed by atoms with Crippen LogP contribution in [-0.4, -0.2) is 34.8 Å². The molecular formula is C29H29N3O3. The summed E-state index contributed by atoms with van der Waals surface area (Å²) in [5.41, 5.74) is 2.56. The largest absolute Gasteiger partial charge is 0.345 e. The standard InChI is InChI=1S/C29H29N3O3/c1-29-19-18-26(34)32(29)24-16-9-8-15-23(24)28(35)31(29)20-10-17-25(33)30-27(21-11-4-2-5-12-21)22-13-6-3-7-14-22/h2-9,11-16,27H,10,17-20H2,1H3,(H,30,33). The van der Waals surface area contributed by atoms with Gasteiger partial charge in [0.25, 0.3) is 5.91 Å². The van der Waals surface area contributed by atoms with Crippen molar-refractivity contribution < 1.29 is 14.4 Å². The van der Waals surface area contributed by atoms with Gasteiger partial charge in [0.2, 0.25) is 11.8 Å². The number of nitrogens with one attached hydrogen (secondary N) is 1. The topological polar surface area (TPSA) is 69.7 Å². The Morgan fingerprint density at radius 2 is 1.51 bits per heavy atom. The summed E-state index contributed by atoms with van der Waals surface area (Å²) in [6.45, 7) is 2.36. The molecule has 3 amide bonds. The quantitative estimate of drug-likeness (QED) is 0.549. The third-order valence-corrected chi connectivity index (χ3v) is 7.10. The molecule has 178 valence electrons. The van der Waals surface area contributed by atoms with E-state index < -0.39 is 5.66 Å². The van der Waals surface area contributed by atoms with E-state index >= 15 is 0 Å². The molecule has 0 aromatic heterocycles. The zero-order valence-corrected chi connectivity index (χ0v) is 19.8. The van der Waals surface area contributed by atoms with E-state index in [1.54, 1.807) is 15.9 Å². The Kier molecular flexibility index (Phi) is 6.12. The van der Waals surface area contributed by atoms with Gasteiger partial charge in [-0.1, -0.05) is 72.8 Å². The van der Waals surface area contributed by atoms with Crippen LogP contribution >= 0.6 is 0 Å². The predicted molar refractivity (Wildman–Crippen MR) is 135 cm³/mol. The van der Waals surface area contributed by atoms with Gasteiger partial charge in [-0.05, 0) is 43.0 Å². The lowest BCUT2D eigenvalue weighted by Gasteiger charge is -2.48. The third kappa shape index (κ3) is 4.20. The molecule has 2 heterocycles. The highest BCUT2D eigenvalue weighted by Crippen LogP contribution is 2.44. The van der Waals surface area contributed by atoms with Gasteiger partial charge in [0, 0.05) is 19.4 Å². The summed E-state index contributed by atoms with van der Waals surface area (Å²) in [5, 5.41) is 3.17. The van der Waals surface area contributed by atoms with E-state index in [9.17, 15) is 14.4 Å². The number of hydrogen-bond donors (Lipinski definition) is 1. The zero-order chi connectivity index (χ0) is 24.4. The molecule has 0 aliphatic carbocycles. The molecule has 1 fully saturated rings. The first kappa shape index (κ1) is 22.8. The molecule has 1 atom stereocenters. The fourth-order valence-corrected chi connectivity index (χ4v) is 5.32. The minimum atomic E-state index is -0.699. The molecule has 5 rings (SSSR count). The highest BCUT2D eigenvalue weighted by molar-refractivity contribution is 6.10. The number of benzene rings is 3. The van der Waals surface area contributed by atoms with Crippen molar-refractivity contribution in [2.75, 3.05) is 11.4 Å². The molecule has 0 bridgehead atoms. The Morgan fingerprint density at radius 1 is 0.914 bits per heavy atom. The van der Waals surface area contributed by atoms with Gasteiger partial charge in [0.15, 0.2) is 0 Å². The maximum Gasteiger partial charge on any atom is 0.257 e. The van der Waals surface area contributed by atoms with Crippen LogP contribution in [0.4, 0.5) is 5.69 Å². The monoisotopic (exact) mass is 467 g/mol. The molecule has 1 N–H and O–H groups in total. The van der Waals surface area contributed by atoms with Crippen LogP contribution in [0.15, 0.2) is 84.9 Å². The summed E-state index contributed by atoms with van der Waals surface area (Å²) < 4.78 is 0. The smallest absolute Gasteiger partial charge is 0.257 e. The molecular weight excluding hydrogens is 438 g/mol. The number of para-hydroxylation sites is 1. The molecule has 6 nitrogen and oxygen atoms in total. The number of carbonyl (C=O) groups is 3. The molecule has 0 radical (unpaired) electrons. The number of anilines is 1. The van der Waals surface area contributed by atoms with Crippen LogP contribution < -0.4 is 10.2 Å². The van der Waals surface area contributed by atoms with E-state index in [0.29, 0.717) is 37.1 Å². The van der Waals surface area contributed by atoms with Crippen LogP contribution in [0.5, 0.6) is 0 Å². The summed E-state index contributed by atoms with van der Waals surface area (Å²) in [6.07, 6.45) is 1.78. The van der Waals surface area contributed by atoms with Gasteiger partial charge >= 0.3 is 0 Å². The maximum absolute atomic E-state index is 13.4. The van der Waals surface area contributed by atoms with Crippen molar-refractivity contribution in [3.63, 3.8) is 0 Å². The number of fused-ring (bicyclic) bond motifs is 3. The molecule has 0 saturated carbocycles. The molecule has 1 saturated heterocycles. The number of carbonyl (C=O) groups excluding carboxylic acids is 3. The van der Waals surface area contributed by atoms with Crippen molar-refractivity contribution in [2.45, 2.75) is 44.3 Å². The molecule has 6 heteroatoms. The molecule has 0 spiro atoms. The van der Waals surface area contributed by atoms with E-state index in [-0.39, 0.29) is 30.2 Å². The average molecular weight is 468 g/mol. The lowest BCUT2D eigenvalue weighted by molar-refractivity contribution is -0.122. The molecule has 2 aliphatic rings. The number of amides is 3. The second-order valence-electron chi connectivity index (χ2n) is 9.35. The highest BCUT2D eigenvalue weighted by Gasteiger charge is 2.52. The van der Waals surface area contributed by atoms with Crippen LogP contribution in [-0.2, 0) is 9.59 Å². The summed E-state index contributed by atoms with van der Waals surface area (Å²) in [5.74, 6) is -0.123. The van der Waals surface area contributed by atoms with E-state index in [4.69, 9.17) is 0 Å². The first-order chi connectivity index (χ1) is 17.0. The number of nitrogens with zero attached hydrogens (tertiary/aromatic N) is 2. The van der Waals surface area contributed by atoms with Crippen LogP contribution in [0.2, 0.25) is 0 Å². The zero-order valence-electron chi connectivity index (χ0n) is 19.8. The predicted octanol–water partition coefficient (Wildman–Crippen LogP) is 4.67. The fourth-order valence-electron chi connectivity index (χ4n) is 5.32. The molecule has 35 heavy (non-hydrogen) atoms. The summed E-state index contributed by atoms with van der Waals surface area (Å²) in [6, 6.07) is 26.8. The van der Waals surface area contributed by atoms with Crippen LogP contribution in [0.25, 0.3) is 0 Å². The van der Waals surface area contributed by atoms with E-state index in [0.717, 1.165) is 11.1 Å². The fraction of sp³-hybridized carbons (Fsp3) is 0.276. The van der Waals surface area contributed by atoms with Crippen LogP contribution in [0.3, 0.4) is 0 Å². The Morgan fingerprint density at radius 3 is 2.17 bits per heavy atom. The second kappa shape index (κ2) is 9.37. The van der Waals surface area contributed by atoms with Crippen molar-refractivity contribution >= 4 is 23.4 Å². The van der Waals surface area contributed by atoms with Crippen molar-refractivity contribution in [1.82, 2.24) is 10.2 Å². The molecule has 2 aliphatic heterocycles. The minimum Gasteiger partial charge on any atom is -0.345 e. The van der Waals surface area contributed by atoms with Gasteiger partial charge < -0.3 is 10.2 Å². The Labute approximate surface area is 205 Å². The van der Waals surface area contributed by atoms with E-state index in [1.165, 1.54) is 0 Å². The summed E-state index contributed by atoms with van der Waals surface area (Å²) >= 11 is 0. The van der Waals surface area contributed by atoms with Crippen molar-refractivity contribution in [2.24, 2.45) is 0 Å². The lowest BCUT2D eigenvalue weighted by Crippen LogP contribution is -2.62. The van der Waals surface area contributed by atoms with Crippen LogP contribution in [0, 0.1) is 0 Å². The summed E-state index contributed by atoms with van der Waals surface area (Å²) in [7, 11) is 0. The first-order valence-electron chi connectivity index (χ1n) is 12.1. The van der Waals surface area contributed by atoms with Crippen molar-refractivity contribution in [3.8, 4) is 0 Å². The van der Waals surface area contributed by atoms with Gasteiger partial charge in [-0.3, -0.25) is 19.3 Å². The number of rotatable bonds is 7. The number of hydrogen-bond acceptors (Lipinski definition) is 3. The molecule has 1 unspecified atom stereocenters. The van der Waals surface area contributed by atoms with Gasteiger partial charge in [-0.25, -0.2) is 0 Å². The molecule has 3 aromatic rings. The Hall–Kier alpha value is -3.93. The SMILES string of the molecule is CC12CCC(=O)N1c1ccccc1C(=O)N2CCCC(=O)NC(c1ccccc1)c1ccccc1. The highest BCUT2D eigenvalue weighted by atomic mass is 16.2. The van der Waals surface area contributed by atoms with E-state index in [1.807, 2.05) is 85.8 Å². The van der Waals surface area contributed by atoms with Gasteiger partial charge in [0.1, 0.15) is 5.66 Å². The first-order valence-corrected chi connectivity index (χ1v) is 12.1. The average Bonchev–Trinajstić information content (AvgIpc) is 3.20. The lowest BCUT2D eigenvalue weighted by atomic mass is 9.97. The Balaban J connectivity index is 1.29. The third-order valence-electron chi connectivity index (χ3n) is 7.10. The van der Waals surface area contributed by atoms with Crippen molar-refractivity contribution in [3.05, 3.63) is 102 Å². The van der Waals surface area contributed by atoms with Crippen LogP contribution in [0.1, 0.15) is 60.1 Å². The normalized spacial score (nSPS) is 19.0. The Bertz CT molecular complexity index is 1200. The van der Waals surface area contributed by atoms with Gasteiger partial charge in [0.05, 0.1) is 17.3 Å². The van der Waals surface area contributed by atoms with Gasteiger partial charge in [-0.15, -0.1) is 0 Å². The van der Waals surface area contributed by atoms with Gasteiger partial charge in [-0.2, -0.15) is 0 Å². The molecule has 3 aromatic carbocycles. The second-order valence-corrected chi connectivity index (χ2v) is 9.35. The maximum atomic E-state index is 13.4.